The lowest BCUT2D eigenvalue weighted by Gasteiger charge is -2.18. The van der Waals surface area contributed by atoms with Gasteiger partial charge in [-0.2, -0.15) is 5.26 Å². The Morgan fingerprint density at radius 2 is 2.00 bits per heavy atom. The first-order chi connectivity index (χ1) is 13.6. The zero-order valence-corrected chi connectivity index (χ0v) is 16.0. The van der Waals surface area contributed by atoms with E-state index in [0.29, 0.717) is 40.8 Å². The molecule has 1 aliphatic heterocycles. The number of thioether (sulfide) groups is 1. The minimum atomic E-state index is -0.149. The van der Waals surface area contributed by atoms with Crippen LogP contribution in [0.4, 0.5) is 5.69 Å². The fourth-order valence-corrected chi connectivity index (χ4v) is 3.70. The van der Waals surface area contributed by atoms with Gasteiger partial charge in [0, 0.05) is 17.1 Å². The van der Waals surface area contributed by atoms with E-state index in [1.54, 1.807) is 6.07 Å². The summed E-state index contributed by atoms with van der Waals surface area (Å²) < 4.78 is 11.2. The van der Waals surface area contributed by atoms with Gasteiger partial charge in [0.1, 0.15) is 24.3 Å². The number of ether oxygens (including phenoxy) is 2. The van der Waals surface area contributed by atoms with Crippen molar-refractivity contribution < 1.29 is 14.3 Å². The standard InChI is InChI=1S/C21H17N3O3S/c1-13-3-2-4-16(7-13)23-20(25)12-28-21-15(11-22)8-14-9-18-19(10-17(14)24-21)27-6-5-26-18/h2-4,7-10H,5-6,12H2,1H3,(H,23,25). The molecule has 4 rings (SSSR count). The van der Waals surface area contributed by atoms with Gasteiger partial charge >= 0.3 is 0 Å². The van der Waals surface area contributed by atoms with Gasteiger partial charge in [-0.3, -0.25) is 4.79 Å². The zero-order chi connectivity index (χ0) is 19.5. The Labute approximate surface area is 166 Å². The van der Waals surface area contributed by atoms with Crippen LogP contribution in [0.5, 0.6) is 11.5 Å². The van der Waals surface area contributed by atoms with E-state index in [-0.39, 0.29) is 11.7 Å². The number of carbonyl (C=O) groups excluding carboxylic acids is 1. The van der Waals surface area contributed by atoms with Gasteiger partial charge in [-0.05, 0) is 36.8 Å². The number of pyridine rings is 1. The molecule has 1 amide bonds. The quantitative estimate of drug-likeness (QED) is 0.679. The van der Waals surface area contributed by atoms with Crippen molar-refractivity contribution in [3.8, 4) is 17.6 Å². The zero-order valence-electron chi connectivity index (χ0n) is 15.2. The second-order valence-corrected chi connectivity index (χ2v) is 7.31. The van der Waals surface area contributed by atoms with Crippen LogP contribution in [0.25, 0.3) is 10.9 Å². The van der Waals surface area contributed by atoms with Crippen molar-refractivity contribution in [3.05, 3.63) is 53.6 Å². The van der Waals surface area contributed by atoms with Crippen LogP contribution >= 0.6 is 11.8 Å². The molecule has 6 nitrogen and oxygen atoms in total. The number of rotatable bonds is 4. The maximum atomic E-state index is 12.3. The highest BCUT2D eigenvalue weighted by Gasteiger charge is 2.16. The number of benzene rings is 2. The van der Waals surface area contributed by atoms with Gasteiger partial charge in [0.2, 0.25) is 5.91 Å². The third-order valence-electron chi connectivity index (χ3n) is 4.21. The van der Waals surface area contributed by atoms with E-state index in [1.807, 2.05) is 43.3 Å². The lowest BCUT2D eigenvalue weighted by atomic mass is 10.1. The summed E-state index contributed by atoms with van der Waals surface area (Å²) >= 11 is 1.24. The predicted octanol–water partition coefficient (Wildman–Crippen LogP) is 3.92. The van der Waals surface area contributed by atoms with Gasteiger partial charge in [0.25, 0.3) is 0 Å². The highest BCUT2D eigenvalue weighted by Crippen LogP contribution is 2.35. The van der Waals surface area contributed by atoms with E-state index in [1.165, 1.54) is 11.8 Å². The fraction of sp³-hybridized carbons (Fsp3) is 0.190. The molecule has 0 atom stereocenters. The van der Waals surface area contributed by atoms with Gasteiger partial charge in [0.15, 0.2) is 11.5 Å². The van der Waals surface area contributed by atoms with E-state index in [0.717, 1.165) is 16.6 Å². The second kappa shape index (κ2) is 7.79. The van der Waals surface area contributed by atoms with Crippen LogP contribution in [0.1, 0.15) is 11.1 Å². The van der Waals surface area contributed by atoms with Crippen molar-refractivity contribution in [1.82, 2.24) is 4.98 Å². The molecule has 2 aromatic carbocycles. The van der Waals surface area contributed by atoms with E-state index >= 15 is 0 Å². The van der Waals surface area contributed by atoms with Crippen LogP contribution < -0.4 is 14.8 Å². The molecule has 0 saturated heterocycles. The molecule has 0 spiro atoms. The topological polar surface area (TPSA) is 84.2 Å². The average molecular weight is 391 g/mol. The Bertz CT molecular complexity index is 1110. The lowest BCUT2D eigenvalue weighted by molar-refractivity contribution is -0.113. The van der Waals surface area contributed by atoms with Crippen molar-refractivity contribution in [2.24, 2.45) is 0 Å². The number of aryl methyl sites for hydroxylation is 1. The van der Waals surface area contributed by atoms with Crippen LogP contribution in [0.15, 0.2) is 47.5 Å². The van der Waals surface area contributed by atoms with Crippen LogP contribution in [0, 0.1) is 18.3 Å². The van der Waals surface area contributed by atoms with Crippen molar-refractivity contribution in [2.75, 3.05) is 24.3 Å². The molecular formula is C21H17N3O3S. The number of amides is 1. The molecule has 0 bridgehead atoms. The van der Waals surface area contributed by atoms with Crippen LogP contribution in [0.2, 0.25) is 0 Å². The second-order valence-electron chi connectivity index (χ2n) is 6.35. The van der Waals surface area contributed by atoms with Crippen LogP contribution in [0.3, 0.4) is 0 Å². The Hall–Kier alpha value is -3.24. The summed E-state index contributed by atoms with van der Waals surface area (Å²) in [4.78, 5) is 16.8. The number of anilines is 1. The molecule has 0 fully saturated rings. The molecule has 2 heterocycles. The lowest BCUT2D eigenvalue weighted by Crippen LogP contribution is -2.15. The monoisotopic (exact) mass is 391 g/mol. The molecule has 0 aliphatic carbocycles. The highest BCUT2D eigenvalue weighted by atomic mass is 32.2. The third kappa shape index (κ3) is 3.87. The summed E-state index contributed by atoms with van der Waals surface area (Å²) in [5, 5.41) is 13.7. The van der Waals surface area contributed by atoms with E-state index < -0.39 is 0 Å². The molecule has 0 unspecified atom stereocenters. The molecule has 0 radical (unpaired) electrons. The highest BCUT2D eigenvalue weighted by molar-refractivity contribution is 8.00. The number of carbonyl (C=O) groups is 1. The van der Waals surface area contributed by atoms with Crippen molar-refractivity contribution in [2.45, 2.75) is 11.9 Å². The summed E-state index contributed by atoms with van der Waals surface area (Å²) in [6.45, 7) is 2.96. The normalized spacial score (nSPS) is 12.4. The minimum Gasteiger partial charge on any atom is -0.486 e. The van der Waals surface area contributed by atoms with Crippen molar-refractivity contribution in [3.63, 3.8) is 0 Å². The maximum Gasteiger partial charge on any atom is 0.234 e. The van der Waals surface area contributed by atoms with Crippen molar-refractivity contribution >= 4 is 34.3 Å². The Morgan fingerprint density at radius 1 is 1.21 bits per heavy atom. The minimum absolute atomic E-state index is 0.149. The molecule has 1 N–H and O–H groups in total. The van der Waals surface area contributed by atoms with Gasteiger partial charge in [0.05, 0.1) is 16.8 Å². The number of nitriles is 1. The summed E-state index contributed by atoms with van der Waals surface area (Å²) in [6, 6.07) is 15.2. The third-order valence-corrected chi connectivity index (χ3v) is 5.20. The fourth-order valence-electron chi connectivity index (χ4n) is 2.94. The Balaban J connectivity index is 1.54. The molecule has 3 aromatic rings. The SMILES string of the molecule is Cc1cccc(NC(=O)CSc2nc3cc4c(cc3cc2C#N)OCCO4)c1. The number of fused-ring (bicyclic) bond motifs is 2. The van der Waals surface area contributed by atoms with Gasteiger partial charge in [-0.25, -0.2) is 4.98 Å². The van der Waals surface area contributed by atoms with E-state index in [4.69, 9.17) is 9.47 Å². The van der Waals surface area contributed by atoms with E-state index in [2.05, 4.69) is 16.4 Å². The van der Waals surface area contributed by atoms with Gasteiger partial charge < -0.3 is 14.8 Å². The van der Waals surface area contributed by atoms with Gasteiger partial charge in [-0.1, -0.05) is 23.9 Å². The molecule has 7 heteroatoms. The first kappa shape index (κ1) is 18.1. The average Bonchev–Trinajstić information content (AvgIpc) is 2.70. The number of aromatic nitrogens is 1. The summed E-state index contributed by atoms with van der Waals surface area (Å²) in [5.41, 5.74) is 2.95. The number of nitrogens with zero attached hydrogens (tertiary/aromatic N) is 2. The number of hydrogen-bond acceptors (Lipinski definition) is 6. The first-order valence-electron chi connectivity index (χ1n) is 8.76. The molecule has 28 heavy (non-hydrogen) atoms. The smallest absolute Gasteiger partial charge is 0.234 e. The Morgan fingerprint density at radius 3 is 2.75 bits per heavy atom. The molecule has 1 aliphatic rings. The summed E-state index contributed by atoms with van der Waals surface area (Å²) in [6.07, 6.45) is 0. The maximum absolute atomic E-state index is 12.3. The molecular weight excluding hydrogens is 374 g/mol. The molecule has 140 valence electrons. The molecule has 0 saturated carbocycles. The van der Waals surface area contributed by atoms with E-state index in [9.17, 15) is 10.1 Å². The van der Waals surface area contributed by atoms with Crippen molar-refractivity contribution in [1.29, 1.82) is 5.26 Å². The predicted molar refractivity (Wildman–Crippen MR) is 108 cm³/mol. The van der Waals surface area contributed by atoms with Crippen LogP contribution in [-0.4, -0.2) is 29.9 Å². The Kier molecular flexibility index (Phi) is 5.04. The molecule has 1 aromatic heterocycles. The first-order valence-corrected chi connectivity index (χ1v) is 9.75. The van der Waals surface area contributed by atoms with Gasteiger partial charge in [-0.15, -0.1) is 0 Å². The largest absolute Gasteiger partial charge is 0.486 e. The summed E-state index contributed by atoms with van der Waals surface area (Å²) in [5.74, 6) is 1.31. The number of hydrogen-bond donors (Lipinski definition) is 1. The van der Waals surface area contributed by atoms with Crippen LogP contribution in [-0.2, 0) is 4.79 Å². The summed E-state index contributed by atoms with van der Waals surface area (Å²) in [7, 11) is 0. The number of nitrogens with one attached hydrogen (secondary N) is 1.